The summed E-state index contributed by atoms with van der Waals surface area (Å²) in [6, 6.07) is 8.48. The molecule has 3 atom stereocenters. The number of anilines is 1. The normalized spacial score (nSPS) is 29.0. The van der Waals surface area contributed by atoms with E-state index in [1.54, 1.807) is 7.11 Å². The Bertz CT molecular complexity index is 634. The lowest BCUT2D eigenvalue weighted by Crippen LogP contribution is -2.47. The van der Waals surface area contributed by atoms with E-state index < -0.39 is 0 Å². The average molecular weight is 326 g/mol. The molecule has 1 saturated heterocycles. The van der Waals surface area contributed by atoms with Gasteiger partial charge in [-0.3, -0.25) is 4.79 Å². The van der Waals surface area contributed by atoms with Crippen LogP contribution in [0.3, 0.4) is 0 Å². The third kappa shape index (κ3) is 2.90. The fourth-order valence-corrected chi connectivity index (χ4v) is 4.55. The lowest BCUT2D eigenvalue weighted by molar-refractivity contribution is -0.126. The number of carbonyl (C=O) groups is 1. The fraction of sp³-hybridized carbons (Fsp3) is 0.550. The number of amides is 1. The predicted molar refractivity (Wildman–Crippen MR) is 95.2 cm³/mol. The zero-order valence-corrected chi connectivity index (χ0v) is 14.3. The van der Waals surface area contributed by atoms with Gasteiger partial charge in [-0.2, -0.15) is 0 Å². The van der Waals surface area contributed by atoms with Crippen LogP contribution in [0.4, 0.5) is 5.69 Å². The minimum absolute atomic E-state index is 0.215. The van der Waals surface area contributed by atoms with Crippen LogP contribution in [0.1, 0.15) is 25.7 Å². The Morgan fingerprint density at radius 2 is 1.96 bits per heavy atom. The van der Waals surface area contributed by atoms with E-state index in [1.165, 1.54) is 6.42 Å². The Morgan fingerprint density at radius 3 is 2.62 bits per heavy atom. The molecule has 3 aliphatic rings. The molecule has 24 heavy (non-hydrogen) atoms. The second-order valence-electron chi connectivity index (χ2n) is 7.33. The van der Waals surface area contributed by atoms with E-state index in [9.17, 15) is 4.79 Å². The summed E-state index contributed by atoms with van der Waals surface area (Å²) < 4.78 is 5.47. The first-order chi connectivity index (χ1) is 11.7. The van der Waals surface area contributed by atoms with Crippen LogP contribution in [0.5, 0.6) is 5.75 Å². The van der Waals surface area contributed by atoms with Crippen molar-refractivity contribution < 1.29 is 9.53 Å². The van der Waals surface area contributed by atoms with E-state index in [-0.39, 0.29) is 11.8 Å². The van der Waals surface area contributed by atoms with Crippen LogP contribution in [-0.2, 0) is 4.79 Å². The fourth-order valence-electron chi connectivity index (χ4n) is 4.55. The summed E-state index contributed by atoms with van der Waals surface area (Å²) >= 11 is 0. The van der Waals surface area contributed by atoms with Gasteiger partial charge in [-0.1, -0.05) is 24.3 Å². The molecule has 2 fully saturated rings. The van der Waals surface area contributed by atoms with E-state index in [4.69, 9.17) is 4.74 Å². The number of rotatable bonds is 4. The first-order valence-corrected chi connectivity index (χ1v) is 9.11. The van der Waals surface area contributed by atoms with Crippen molar-refractivity contribution in [2.45, 2.75) is 31.7 Å². The second kappa shape index (κ2) is 6.50. The van der Waals surface area contributed by atoms with Gasteiger partial charge in [0.15, 0.2) is 0 Å². The highest BCUT2D eigenvalue weighted by Crippen LogP contribution is 2.43. The van der Waals surface area contributed by atoms with E-state index in [0.717, 1.165) is 43.8 Å². The van der Waals surface area contributed by atoms with Gasteiger partial charge in [0, 0.05) is 25.0 Å². The molecule has 1 aromatic rings. The SMILES string of the molecule is COc1ccccc1N1CCC(NC(=O)C2CC3C=CC2C3)CC1. The first kappa shape index (κ1) is 15.6. The van der Waals surface area contributed by atoms with Crippen molar-refractivity contribution in [1.29, 1.82) is 0 Å². The van der Waals surface area contributed by atoms with Gasteiger partial charge in [0.1, 0.15) is 5.75 Å². The molecular weight excluding hydrogens is 300 g/mol. The van der Waals surface area contributed by atoms with Gasteiger partial charge >= 0.3 is 0 Å². The Kier molecular flexibility index (Phi) is 4.21. The largest absolute Gasteiger partial charge is 0.495 e. The summed E-state index contributed by atoms with van der Waals surface area (Å²) in [6.07, 6.45) is 8.78. The summed E-state index contributed by atoms with van der Waals surface area (Å²) in [6.45, 7) is 1.92. The minimum atomic E-state index is 0.215. The molecule has 1 amide bonds. The van der Waals surface area contributed by atoms with Crippen molar-refractivity contribution in [2.75, 3.05) is 25.1 Å². The Hall–Kier alpha value is -1.97. The van der Waals surface area contributed by atoms with Crippen molar-refractivity contribution in [3.05, 3.63) is 36.4 Å². The standard InChI is InChI=1S/C20H26N2O2/c1-24-19-5-3-2-4-18(19)22-10-8-16(9-11-22)21-20(23)17-13-14-6-7-15(17)12-14/h2-7,14-17H,8-13H2,1H3,(H,21,23). The Balaban J connectivity index is 1.32. The summed E-state index contributed by atoms with van der Waals surface area (Å²) in [5, 5.41) is 3.32. The molecule has 128 valence electrons. The van der Waals surface area contributed by atoms with E-state index >= 15 is 0 Å². The third-order valence-corrected chi connectivity index (χ3v) is 5.88. The summed E-state index contributed by atoms with van der Waals surface area (Å²) in [5.41, 5.74) is 1.16. The maximum Gasteiger partial charge on any atom is 0.223 e. The van der Waals surface area contributed by atoms with Gasteiger partial charge in [0.25, 0.3) is 0 Å². The number of carbonyl (C=O) groups excluding carboxylic acids is 1. The van der Waals surface area contributed by atoms with Crippen LogP contribution >= 0.6 is 0 Å². The molecule has 4 nitrogen and oxygen atoms in total. The van der Waals surface area contributed by atoms with Crippen LogP contribution in [0.15, 0.2) is 36.4 Å². The molecule has 1 heterocycles. The van der Waals surface area contributed by atoms with E-state index in [0.29, 0.717) is 17.9 Å². The molecular formula is C20H26N2O2. The van der Waals surface area contributed by atoms with Crippen molar-refractivity contribution in [3.63, 3.8) is 0 Å². The second-order valence-corrected chi connectivity index (χ2v) is 7.33. The zero-order valence-electron chi connectivity index (χ0n) is 14.3. The maximum absolute atomic E-state index is 12.6. The molecule has 1 aliphatic heterocycles. The van der Waals surface area contributed by atoms with Crippen molar-refractivity contribution in [2.24, 2.45) is 17.8 Å². The van der Waals surface area contributed by atoms with Gasteiger partial charge in [0.2, 0.25) is 5.91 Å². The lowest BCUT2D eigenvalue weighted by Gasteiger charge is -2.35. The molecule has 4 rings (SSSR count). The maximum atomic E-state index is 12.6. The average Bonchev–Trinajstić information content (AvgIpc) is 3.26. The number of methoxy groups -OCH3 is 1. The van der Waals surface area contributed by atoms with Crippen molar-refractivity contribution >= 4 is 11.6 Å². The number of benzene rings is 1. The monoisotopic (exact) mass is 326 g/mol. The Labute approximate surface area is 143 Å². The topological polar surface area (TPSA) is 41.6 Å². The molecule has 4 heteroatoms. The number of ether oxygens (including phenoxy) is 1. The number of nitrogens with zero attached hydrogens (tertiary/aromatic N) is 1. The number of piperidine rings is 1. The van der Waals surface area contributed by atoms with Crippen LogP contribution < -0.4 is 15.0 Å². The number of hydrogen-bond donors (Lipinski definition) is 1. The van der Waals surface area contributed by atoms with Crippen LogP contribution in [0.2, 0.25) is 0 Å². The number of fused-ring (bicyclic) bond motifs is 2. The summed E-state index contributed by atoms with van der Waals surface area (Å²) in [7, 11) is 1.72. The van der Waals surface area contributed by atoms with Crippen molar-refractivity contribution in [3.8, 4) is 5.75 Å². The van der Waals surface area contributed by atoms with Crippen LogP contribution in [-0.4, -0.2) is 32.1 Å². The third-order valence-electron chi connectivity index (χ3n) is 5.88. The van der Waals surface area contributed by atoms with Gasteiger partial charge in [-0.05, 0) is 49.7 Å². The van der Waals surface area contributed by atoms with Crippen LogP contribution in [0.25, 0.3) is 0 Å². The van der Waals surface area contributed by atoms with Gasteiger partial charge in [0.05, 0.1) is 12.8 Å². The van der Waals surface area contributed by atoms with Crippen molar-refractivity contribution in [1.82, 2.24) is 5.32 Å². The predicted octanol–water partition coefficient (Wildman–Crippen LogP) is 2.99. The van der Waals surface area contributed by atoms with Gasteiger partial charge in [-0.15, -0.1) is 0 Å². The van der Waals surface area contributed by atoms with E-state index in [2.05, 4.69) is 28.4 Å². The molecule has 0 aromatic heterocycles. The highest BCUT2D eigenvalue weighted by atomic mass is 16.5. The zero-order chi connectivity index (χ0) is 16.5. The molecule has 1 saturated carbocycles. The number of para-hydroxylation sites is 2. The van der Waals surface area contributed by atoms with E-state index in [1.807, 2.05) is 18.2 Å². The highest BCUT2D eigenvalue weighted by Gasteiger charge is 2.40. The smallest absolute Gasteiger partial charge is 0.223 e. The summed E-state index contributed by atoms with van der Waals surface area (Å²) in [4.78, 5) is 14.9. The number of hydrogen-bond acceptors (Lipinski definition) is 3. The lowest BCUT2D eigenvalue weighted by atomic mass is 9.92. The minimum Gasteiger partial charge on any atom is -0.495 e. The highest BCUT2D eigenvalue weighted by molar-refractivity contribution is 5.80. The molecule has 2 aliphatic carbocycles. The first-order valence-electron chi connectivity index (χ1n) is 9.11. The molecule has 1 N–H and O–H groups in total. The van der Waals surface area contributed by atoms with Crippen LogP contribution in [0, 0.1) is 17.8 Å². The Morgan fingerprint density at radius 1 is 1.17 bits per heavy atom. The molecule has 0 spiro atoms. The summed E-state index contributed by atoms with van der Waals surface area (Å²) in [5.74, 6) is 2.56. The van der Waals surface area contributed by atoms with Gasteiger partial charge < -0.3 is 15.0 Å². The molecule has 1 aromatic carbocycles. The molecule has 3 unspecified atom stereocenters. The number of nitrogens with one attached hydrogen (secondary N) is 1. The molecule has 2 bridgehead atoms. The molecule has 0 radical (unpaired) electrons. The van der Waals surface area contributed by atoms with Gasteiger partial charge in [-0.25, -0.2) is 0 Å². The quantitative estimate of drug-likeness (QED) is 0.865. The number of allylic oxidation sites excluding steroid dienone is 2.